The number of hydrogen-bond acceptors (Lipinski definition) is 2. The third-order valence-corrected chi connectivity index (χ3v) is 3.43. The number of nitrogens with one attached hydrogen (secondary N) is 1. The van der Waals surface area contributed by atoms with Crippen LogP contribution < -0.4 is 5.32 Å². The largest absolute Gasteiger partial charge is 0.384 e. The Morgan fingerprint density at radius 1 is 1.55 bits per heavy atom. The molecule has 3 nitrogen and oxygen atoms in total. The van der Waals surface area contributed by atoms with Gasteiger partial charge in [0.25, 0.3) is 5.91 Å². The molecular weight excluding hydrogens is 257 g/mol. The van der Waals surface area contributed by atoms with Crippen molar-refractivity contribution in [1.82, 2.24) is 5.32 Å². The van der Waals surface area contributed by atoms with Crippen LogP contribution in [0.1, 0.15) is 42.1 Å². The van der Waals surface area contributed by atoms with Crippen molar-refractivity contribution >= 4 is 5.91 Å². The fourth-order valence-electron chi connectivity index (χ4n) is 2.26. The summed E-state index contributed by atoms with van der Waals surface area (Å²) in [5, 5.41) is 11.5. The Morgan fingerprint density at radius 3 is 3.00 bits per heavy atom. The molecule has 106 valence electrons. The quantitative estimate of drug-likeness (QED) is 0.827. The molecule has 2 rings (SSSR count). The molecule has 1 amide bonds. The lowest BCUT2D eigenvalue weighted by Gasteiger charge is -2.05. The zero-order valence-corrected chi connectivity index (χ0v) is 11.4. The standard InChI is InChI=1S/C16H18FNO2/c1-2-4-12-10-15(12)18-16(20)13-7-6-11(5-3-8-19)14(17)9-13/h6-7,9,12,15,19H,2,4,8,10H2,1H3,(H,18,20). The summed E-state index contributed by atoms with van der Waals surface area (Å²) >= 11 is 0. The molecule has 0 spiro atoms. The number of hydrogen-bond donors (Lipinski definition) is 2. The van der Waals surface area contributed by atoms with Crippen LogP contribution in [0.2, 0.25) is 0 Å². The lowest BCUT2D eigenvalue weighted by Crippen LogP contribution is -2.26. The predicted molar refractivity (Wildman–Crippen MR) is 74.6 cm³/mol. The zero-order chi connectivity index (χ0) is 14.5. The van der Waals surface area contributed by atoms with Crippen molar-refractivity contribution in [3.63, 3.8) is 0 Å². The molecule has 2 N–H and O–H groups in total. The van der Waals surface area contributed by atoms with E-state index in [2.05, 4.69) is 24.1 Å². The lowest BCUT2D eigenvalue weighted by molar-refractivity contribution is 0.0948. The van der Waals surface area contributed by atoms with Crippen LogP contribution in [0.4, 0.5) is 4.39 Å². The highest BCUT2D eigenvalue weighted by atomic mass is 19.1. The van der Waals surface area contributed by atoms with E-state index >= 15 is 0 Å². The summed E-state index contributed by atoms with van der Waals surface area (Å²) in [6.45, 7) is 1.81. The van der Waals surface area contributed by atoms with Crippen molar-refractivity contribution in [3.05, 3.63) is 35.1 Å². The van der Waals surface area contributed by atoms with Crippen LogP contribution in [-0.2, 0) is 0 Å². The number of carbonyl (C=O) groups excluding carboxylic acids is 1. The number of halogens is 1. The molecule has 2 atom stereocenters. The van der Waals surface area contributed by atoms with Crippen LogP contribution in [0.15, 0.2) is 18.2 Å². The molecule has 0 aromatic heterocycles. The summed E-state index contributed by atoms with van der Waals surface area (Å²) in [5.41, 5.74) is 0.491. The highest BCUT2D eigenvalue weighted by Crippen LogP contribution is 2.34. The molecule has 1 aromatic carbocycles. The summed E-state index contributed by atoms with van der Waals surface area (Å²) in [7, 11) is 0. The van der Waals surface area contributed by atoms with Gasteiger partial charge in [-0.05, 0) is 37.0 Å². The van der Waals surface area contributed by atoms with E-state index in [-0.39, 0.29) is 24.1 Å². The maximum Gasteiger partial charge on any atom is 0.251 e. The molecule has 0 bridgehead atoms. The van der Waals surface area contributed by atoms with Crippen molar-refractivity contribution in [1.29, 1.82) is 0 Å². The Morgan fingerprint density at radius 2 is 2.35 bits per heavy atom. The first kappa shape index (κ1) is 14.5. The third kappa shape index (κ3) is 3.58. The summed E-state index contributed by atoms with van der Waals surface area (Å²) in [4.78, 5) is 12.0. The predicted octanol–water partition coefficient (Wildman–Crippen LogP) is 2.09. The van der Waals surface area contributed by atoms with E-state index in [0.717, 1.165) is 19.3 Å². The molecule has 0 radical (unpaired) electrons. The van der Waals surface area contributed by atoms with Crippen molar-refractivity contribution in [2.75, 3.05) is 6.61 Å². The van der Waals surface area contributed by atoms with E-state index in [0.29, 0.717) is 11.5 Å². The fourth-order valence-corrected chi connectivity index (χ4v) is 2.26. The molecule has 1 fully saturated rings. The van der Waals surface area contributed by atoms with Gasteiger partial charge in [-0.15, -0.1) is 0 Å². The Bertz CT molecular complexity index is 559. The van der Waals surface area contributed by atoms with Gasteiger partial charge in [0.05, 0.1) is 5.56 Å². The van der Waals surface area contributed by atoms with Crippen molar-refractivity contribution < 1.29 is 14.3 Å². The second-order valence-corrected chi connectivity index (χ2v) is 5.02. The number of benzene rings is 1. The van der Waals surface area contributed by atoms with Crippen LogP contribution in [0.5, 0.6) is 0 Å². The van der Waals surface area contributed by atoms with Crippen LogP contribution in [-0.4, -0.2) is 23.7 Å². The molecule has 0 aliphatic heterocycles. The van der Waals surface area contributed by atoms with Gasteiger partial charge in [-0.25, -0.2) is 4.39 Å². The molecule has 0 saturated heterocycles. The summed E-state index contributed by atoms with van der Waals surface area (Å²) in [6.07, 6.45) is 3.25. The number of aliphatic hydroxyl groups is 1. The first-order valence-electron chi connectivity index (χ1n) is 6.85. The van der Waals surface area contributed by atoms with E-state index in [1.54, 1.807) is 6.07 Å². The Hall–Kier alpha value is -1.86. The van der Waals surface area contributed by atoms with Crippen LogP contribution in [0.3, 0.4) is 0 Å². The Balaban J connectivity index is 1.99. The van der Waals surface area contributed by atoms with Gasteiger partial charge < -0.3 is 10.4 Å². The van der Waals surface area contributed by atoms with Gasteiger partial charge in [0, 0.05) is 11.6 Å². The van der Waals surface area contributed by atoms with Gasteiger partial charge in [0.15, 0.2) is 0 Å². The Labute approximate surface area is 118 Å². The van der Waals surface area contributed by atoms with Crippen LogP contribution in [0, 0.1) is 23.6 Å². The monoisotopic (exact) mass is 275 g/mol. The minimum atomic E-state index is -0.542. The SMILES string of the molecule is CCCC1CC1NC(=O)c1ccc(C#CCO)c(F)c1. The molecular formula is C16H18FNO2. The molecule has 2 unspecified atom stereocenters. The van der Waals surface area contributed by atoms with Crippen LogP contribution in [0.25, 0.3) is 0 Å². The van der Waals surface area contributed by atoms with Gasteiger partial charge in [0.1, 0.15) is 12.4 Å². The molecule has 1 saturated carbocycles. The van der Waals surface area contributed by atoms with E-state index in [9.17, 15) is 9.18 Å². The number of amides is 1. The van der Waals surface area contributed by atoms with Gasteiger partial charge in [-0.3, -0.25) is 4.79 Å². The van der Waals surface area contributed by atoms with Crippen molar-refractivity contribution in [2.45, 2.75) is 32.2 Å². The minimum absolute atomic E-state index is 0.186. The highest BCUT2D eigenvalue weighted by molar-refractivity contribution is 5.94. The fraction of sp³-hybridized carbons (Fsp3) is 0.438. The second kappa shape index (κ2) is 6.53. The van der Waals surface area contributed by atoms with Crippen LogP contribution >= 0.6 is 0 Å². The number of carbonyl (C=O) groups is 1. The first-order valence-corrected chi connectivity index (χ1v) is 6.85. The van der Waals surface area contributed by atoms with Gasteiger partial charge in [-0.1, -0.05) is 25.2 Å². The zero-order valence-electron chi connectivity index (χ0n) is 11.4. The van der Waals surface area contributed by atoms with E-state index in [1.165, 1.54) is 12.1 Å². The minimum Gasteiger partial charge on any atom is -0.384 e. The van der Waals surface area contributed by atoms with E-state index in [1.807, 2.05) is 0 Å². The molecule has 4 heteroatoms. The average molecular weight is 275 g/mol. The maximum absolute atomic E-state index is 13.7. The molecule has 1 aliphatic carbocycles. The average Bonchev–Trinajstić information content (AvgIpc) is 3.15. The molecule has 1 aliphatic rings. The van der Waals surface area contributed by atoms with Gasteiger partial charge in [-0.2, -0.15) is 0 Å². The molecule has 1 aromatic rings. The third-order valence-electron chi connectivity index (χ3n) is 3.43. The van der Waals surface area contributed by atoms with E-state index < -0.39 is 5.82 Å². The van der Waals surface area contributed by atoms with Gasteiger partial charge in [0.2, 0.25) is 0 Å². The Kier molecular flexibility index (Phi) is 4.75. The van der Waals surface area contributed by atoms with Gasteiger partial charge >= 0.3 is 0 Å². The normalized spacial score (nSPS) is 19.9. The highest BCUT2D eigenvalue weighted by Gasteiger charge is 2.37. The molecule has 20 heavy (non-hydrogen) atoms. The molecule has 0 heterocycles. The summed E-state index contributed by atoms with van der Waals surface area (Å²) in [6, 6.07) is 4.44. The maximum atomic E-state index is 13.7. The summed E-state index contributed by atoms with van der Waals surface area (Å²) in [5.74, 6) is 4.67. The summed E-state index contributed by atoms with van der Waals surface area (Å²) < 4.78 is 13.7. The van der Waals surface area contributed by atoms with Crippen molar-refractivity contribution in [2.24, 2.45) is 5.92 Å². The lowest BCUT2D eigenvalue weighted by atomic mass is 10.1. The topological polar surface area (TPSA) is 49.3 Å². The first-order chi connectivity index (χ1) is 9.65. The second-order valence-electron chi connectivity index (χ2n) is 5.02. The number of rotatable bonds is 4. The smallest absolute Gasteiger partial charge is 0.251 e. The number of aliphatic hydroxyl groups excluding tert-OH is 1. The van der Waals surface area contributed by atoms with E-state index in [4.69, 9.17) is 5.11 Å². The van der Waals surface area contributed by atoms with Crippen molar-refractivity contribution in [3.8, 4) is 11.8 Å².